The molecule has 0 aliphatic carbocycles. The molecule has 88 valence electrons. The SMILES string of the molecule is Cc1ccccc1-c1cn(CC(=O)O)nc1C. The highest BCUT2D eigenvalue weighted by Crippen LogP contribution is 2.25. The van der Waals surface area contributed by atoms with Gasteiger partial charge in [0.2, 0.25) is 0 Å². The molecule has 2 aromatic rings. The number of aromatic nitrogens is 2. The molecule has 1 aromatic heterocycles. The molecule has 1 aromatic carbocycles. The van der Waals surface area contributed by atoms with Crippen LogP contribution in [0.15, 0.2) is 30.5 Å². The highest BCUT2D eigenvalue weighted by atomic mass is 16.4. The number of nitrogens with zero attached hydrogens (tertiary/aromatic N) is 2. The zero-order chi connectivity index (χ0) is 12.4. The zero-order valence-electron chi connectivity index (χ0n) is 9.84. The van der Waals surface area contributed by atoms with Gasteiger partial charge in [0.1, 0.15) is 6.54 Å². The van der Waals surface area contributed by atoms with Gasteiger partial charge in [-0.2, -0.15) is 5.10 Å². The average molecular weight is 230 g/mol. The quantitative estimate of drug-likeness (QED) is 0.879. The highest BCUT2D eigenvalue weighted by Gasteiger charge is 2.10. The standard InChI is InChI=1S/C13H14N2O2/c1-9-5-3-4-6-11(9)12-7-15(8-13(16)17)14-10(12)2/h3-7H,8H2,1-2H3,(H,16,17). The molecule has 0 aliphatic rings. The minimum Gasteiger partial charge on any atom is -0.480 e. The summed E-state index contributed by atoms with van der Waals surface area (Å²) in [6, 6.07) is 8.00. The maximum atomic E-state index is 10.6. The number of benzene rings is 1. The van der Waals surface area contributed by atoms with E-state index in [1.165, 1.54) is 4.68 Å². The lowest BCUT2D eigenvalue weighted by atomic mass is 10.0. The Morgan fingerprint density at radius 2 is 2.00 bits per heavy atom. The lowest BCUT2D eigenvalue weighted by Crippen LogP contribution is -2.08. The number of aryl methyl sites for hydroxylation is 2. The van der Waals surface area contributed by atoms with Crippen LogP contribution in [0.3, 0.4) is 0 Å². The molecule has 0 radical (unpaired) electrons. The van der Waals surface area contributed by atoms with Crippen molar-refractivity contribution >= 4 is 5.97 Å². The number of carboxylic acid groups (broad SMARTS) is 1. The predicted molar refractivity (Wildman–Crippen MR) is 64.8 cm³/mol. The minimum absolute atomic E-state index is 0.104. The molecule has 0 saturated carbocycles. The second kappa shape index (κ2) is 4.41. The normalized spacial score (nSPS) is 10.5. The van der Waals surface area contributed by atoms with Crippen LogP contribution in [0, 0.1) is 13.8 Å². The summed E-state index contributed by atoms with van der Waals surface area (Å²) in [6.45, 7) is 3.82. The van der Waals surface area contributed by atoms with Crippen LogP contribution in [0.2, 0.25) is 0 Å². The van der Waals surface area contributed by atoms with Crippen LogP contribution in [0.5, 0.6) is 0 Å². The van der Waals surface area contributed by atoms with E-state index in [-0.39, 0.29) is 6.54 Å². The molecule has 0 bridgehead atoms. The van der Waals surface area contributed by atoms with E-state index in [2.05, 4.69) is 5.10 Å². The summed E-state index contributed by atoms with van der Waals surface area (Å²) in [5.41, 5.74) is 4.09. The Hall–Kier alpha value is -2.10. The summed E-state index contributed by atoms with van der Waals surface area (Å²) >= 11 is 0. The maximum Gasteiger partial charge on any atom is 0.325 e. The number of hydrogen-bond donors (Lipinski definition) is 1. The molecule has 0 saturated heterocycles. The van der Waals surface area contributed by atoms with Gasteiger partial charge < -0.3 is 5.11 Å². The molecule has 0 atom stereocenters. The van der Waals surface area contributed by atoms with Crippen molar-refractivity contribution in [3.63, 3.8) is 0 Å². The van der Waals surface area contributed by atoms with Crippen LogP contribution in [0.1, 0.15) is 11.3 Å². The maximum absolute atomic E-state index is 10.6. The summed E-state index contributed by atoms with van der Waals surface area (Å²) in [6.07, 6.45) is 1.78. The molecule has 0 fully saturated rings. The van der Waals surface area contributed by atoms with Gasteiger partial charge in [0.15, 0.2) is 0 Å². The first-order valence-corrected chi connectivity index (χ1v) is 5.40. The first-order chi connectivity index (χ1) is 8.08. The lowest BCUT2D eigenvalue weighted by molar-refractivity contribution is -0.137. The second-order valence-corrected chi connectivity index (χ2v) is 4.03. The molecule has 0 spiro atoms. The highest BCUT2D eigenvalue weighted by molar-refractivity contribution is 5.70. The molecule has 2 rings (SSSR count). The summed E-state index contributed by atoms with van der Waals surface area (Å²) < 4.78 is 1.46. The molecular formula is C13H14N2O2. The summed E-state index contributed by atoms with van der Waals surface area (Å²) in [4.78, 5) is 10.6. The fourth-order valence-electron chi connectivity index (χ4n) is 1.88. The number of aliphatic carboxylic acids is 1. The molecule has 1 heterocycles. The van der Waals surface area contributed by atoms with E-state index in [9.17, 15) is 4.79 Å². The fourth-order valence-corrected chi connectivity index (χ4v) is 1.88. The number of carbonyl (C=O) groups is 1. The monoisotopic (exact) mass is 230 g/mol. The third-order valence-corrected chi connectivity index (χ3v) is 2.68. The number of carboxylic acids is 1. The summed E-state index contributed by atoms with van der Waals surface area (Å²) in [7, 11) is 0. The van der Waals surface area contributed by atoms with Crippen LogP contribution in [0.4, 0.5) is 0 Å². The van der Waals surface area contributed by atoms with Crippen molar-refractivity contribution in [2.45, 2.75) is 20.4 Å². The van der Waals surface area contributed by atoms with Crippen molar-refractivity contribution in [1.82, 2.24) is 9.78 Å². The lowest BCUT2D eigenvalue weighted by Gasteiger charge is -2.02. The van der Waals surface area contributed by atoms with Crippen LogP contribution >= 0.6 is 0 Å². The molecule has 4 heteroatoms. The molecule has 17 heavy (non-hydrogen) atoms. The zero-order valence-corrected chi connectivity index (χ0v) is 9.84. The van der Waals surface area contributed by atoms with Gasteiger partial charge in [0.25, 0.3) is 0 Å². The Morgan fingerprint density at radius 1 is 1.29 bits per heavy atom. The van der Waals surface area contributed by atoms with Gasteiger partial charge in [-0.1, -0.05) is 24.3 Å². The van der Waals surface area contributed by atoms with Gasteiger partial charge in [0, 0.05) is 11.8 Å². The average Bonchev–Trinajstić information content (AvgIpc) is 2.59. The van der Waals surface area contributed by atoms with Crippen LogP contribution in [-0.2, 0) is 11.3 Å². The van der Waals surface area contributed by atoms with Crippen molar-refractivity contribution in [2.24, 2.45) is 0 Å². The Bertz CT molecular complexity index is 558. The first-order valence-electron chi connectivity index (χ1n) is 5.40. The van der Waals surface area contributed by atoms with Crippen molar-refractivity contribution in [3.05, 3.63) is 41.7 Å². The van der Waals surface area contributed by atoms with E-state index in [1.54, 1.807) is 6.20 Å². The predicted octanol–water partition coefficient (Wildman–Crippen LogP) is 2.25. The van der Waals surface area contributed by atoms with Gasteiger partial charge in [-0.15, -0.1) is 0 Å². The smallest absolute Gasteiger partial charge is 0.325 e. The van der Waals surface area contributed by atoms with Crippen molar-refractivity contribution in [1.29, 1.82) is 0 Å². The van der Waals surface area contributed by atoms with Crippen molar-refractivity contribution in [2.75, 3.05) is 0 Å². The third-order valence-electron chi connectivity index (χ3n) is 2.68. The minimum atomic E-state index is -0.885. The van der Waals surface area contributed by atoms with Gasteiger partial charge >= 0.3 is 5.97 Å². The van der Waals surface area contributed by atoms with Gasteiger partial charge in [0.05, 0.1) is 5.69 Å². The molecule has 0 amide bonds. The molecule has 1 N–H and O–H groups in total. The van der Waals surface area contributed by atoms with E-state index < -0.39 is 5.97 Å². The summed E-state index contributed by atoms with van der Waals surface area (Å²) in [5, 5.41) is 12.9. The number of hydrogen-bond acceptors (Lipinski definition) is 2. The van der Waals surface area contributed by atoms with Crippen LogP contribution in [-0.4, -0.2) is 20.9 Å². The van der Waals surface area contributed by atoms with Gasteiger partial charge in [-0.3, -0.25) is 9.48 Å². The van der Waals surface area contributed by atoms with E-state index >= 15 is 0 Å². The molecular weight excluding hydrogens is 216 g/mol. The van der Waals surface area contributed by atoms with Crippen LogP contribution < -0.4 is 0 Å². The molecule has 0 aliphatic heterocycles. The first kappa shape index (κ1) is 11.4. The van der Waals surface area contributed by atoms with Crippen LogP contribution in [0.25, 0.3) is 11.1 Å². The molecule has 0 unspecified atom stereocenters. The Labute approximate surface area is 99.5 Å². The van der Waals surface area contributed by atoms with E-state index in [4.69, 9.17) is 5.11 Å². The van der Waals surface area contributed by atoms with Gasteiger partial charge in [-0.25, -0.2) is 0 Å². The second-order valence-electron chi connectivity index (χ2n) is 4.03. The molecule has 4 nitrogen and oxygen atoms in total. The number of rotatable bonds is 3. The fraction of sp³-hybridized carbons (Fsp3) is 0.231. The Morgan fingerprint density at radius 3 is 2.65 bits per heavy atom. The Balaban J connectivity index is 2.43. The van der Waals surface area contributed by atoms with Gasteiger partial charge in [-0.05, 0) is 25.0 Å². The third kappa shape index (κ3) is 2.36. The van der Waals surface area contributed by atoms with Crippen molar-refractivity contribution in [3.8, 4) is 11.1 Å². The largest absolute Gasteiger partial charge is 0.480 e. The Kier molecular flexibility index (Phi) is 2.95. The van der Waals surface area contributed by atoms with E-state index in [1.807, 2.05) is 38.1 Å². The van der Waals surface area contributed by atoms with E-state index in [0.717, 1.165) is 22.4 Å². The summed E-state index contributed by atoms with van der Waals surface area (Å²) in [5.74, 6) is -0.885. The van der Waals surface area contributed by atoms with E-state index in [0.29, 0.717) is 0 Å². The topological polar surface area (TPSA) is 55.1 Å². The van der Waals surface area contributed by atoms with Crippen molar-refractivity contribution < 1.29 is 9.90 Å².